The molecule has 19 heteroatoms. The molecule has 0 radical (unpaired) electrons. The summed E-state index contributed by atoms with van der Waals surface area (Å²) in [6, 6.07) is 0. The minimum absolute atomic E-state index is 0.00976. The van der Waals surface area contributed by atoms with Crippen LogP contribution in [0.2, 0.25) is 0 Å². The number of carboxylic acid groups (broad SMARTS) is 2. The molecule has 0 aromatic heterocycles. The van der Waals surface area contributed by atoms with Crippen molar-refractivity contribution in [3.63, 3.8) is 0 Å². The monoisotopic (exact) mass is 1170 g/mol. The second-order valence-corrected chi connectivity index (χ2v) is 30.5. The molecule has 0 aromatic rings. The van der Waals surface area contributed by atoms with Gasteiger partial charge in [0.1, 0.15) is 22.4 Å². The van der Waals surface area contributed by atoms with E-state index >= 15 is 0 Å². The summed E-state index contributed by atoms with van der Waals surface area (Å²) in [5.41, 5.74) is -1.58. The summed E-state index contributed by atoms with van der Waals surface area (Å²) in [4.78, 5) is 68.6. The largest absolute Gasteiger partial charge is 0.481 e. The maximum Gasteiger partial charge on any atom is 0.306 e. The van der Waals surface area contributed by atoms with Crippen LogP contribution in [0.1, 0.15) is 257 Å². The van der Waals surface area contributed by atoms with Gasteiger partial charge in [0.05, 0.1) is 51.4 Å². The van der Waals surface area contributed by atoms with Crippen LogP contribution in [0, 0.1) is 32.5 Å². The normalized spacial score (nSPS) is 19.5. The summed E-state index contributed by atoms with van der Waals surface area (Å²) in [7, 11) is -3.39. The number of aliphatic carboxylic acids is 2. The average Bonchev–Trinajstić information content (AvgIpc) is 4.01. The van der Waals surface area contributed by atoms with Gasteiger partial charge in [-0.25, -0.2) is 0 Å². The van der Waals surface area contributed by atoms with E-state index in [1.54, 1.807) is 0 Å². The highest BCUT2D eigenvalue weighted by Gasteiger charge is 2.49. The van der Waals surface area contributed by atoms with Gasteiger partial charge in [0.2, 0.25) is 0 Å². The number of carbonyl (C=O) groups is 6. The standard InChI is InChI=1S/C22H38O5.C14H22O5.C12H22O5S.C11H20O3.C3H8/c1-19(2,3)26-17(23)15-21(7-8-21)11-13-25-14-12-22(9-10-22)16-18(24)27-20(4,5)6;15-11(16)9-13(1-2-13)5-7-19-8-6-14(3-4-14)10-12(17)18;1-11(2,3)17-10(13)9-12(5-6-12)7-8-16-18(4,14)15;1-10(2,3)14-9(13)8-11(4-5-11)6-7-12;1-3-2/h7-16H2,1-6H3;1-10H2,(H,15,16)(H,17,18);5-9H2,1-4H3;12H,4-8H2,1-3H3;3H2,1-2H3. The Balaban J connectivity index is 0.000000372. The molecule has 0 aliphatic heterocycles. The zero-order chi connectivity index (χ0) is 61.8. The molecule has 472 valence electrons. The highest BCUT2D eigenvalue weighted by molar-refractivity contribution is 7.85. The van der Waals surface area contributed by atoms with E-state index in [-0.39, 0.29) is 82.4 Å². The molecule has 0 saturated heterocycles. The van der Waals surface area contributed by atoms with Gasteiger partial charge in [0, 0.05) is 33.0 Å². The van der Waals surface area contributed by atoms with Crippen molar-refractivity contribution < 1.29 is 85.1 Å². The third-order valence-electron chi connectivity index (χ3n) is 15.2. The lowest BCUT2D eigenvalue weighted by Crippen LogP contribution is -2.26. The van der Waals surface area contributed by atoms with Crippen molar-refractivity contribution in [2.75, 3.05) is 45.9 Å². The molecule has 0 heterocycles. The summed E-state index contributed by atoms with van der Waals surface area (Å²) < 4.78 is 59.2. The van der Waals surface area contributed by atoms with Gasteiger partial charge in [-0.05, 0) is 231 Å². The molecule has 6 aliphatic carbocycles. The van der Waals surface area contributed by atoms with Crippen LogP contribution in [-0.2, 0) is 71.5 Å². The molecule has 3 N–H and O–H groups in total. The summed E-state index contributed by atoms with van der Waals surface area (Å²) in [5, 5.41) is 26.4. The fourth-order valence-corrected chi connectivity index (χ4v) is 9.92. The predicted octanol–water partition coefficient (Wildman–Crippen LogP) is 12.3. The zero-order valence-corrected chi connectivity index (χ0v) is 53.6. The highest BCUT2D eigenvalue weighted by atomic mass is 32.2. The first-order valence-electron chi connectivity index (χ1n) is 30.0. The molecular formula is C62H110O18S. The van der Waals surface area contributed by atoms with Gasteiger partial charge in [-0.15, -0.1) is 0 Å². The number of hydrogen-bond acceptors (Lipinski definition) is 16. The van der Waals surface area contributed by atoms with Crippen molar-refractivity contribution >= 4 is 45.9 Å². The van der Waals surface area contributed by atoms with Gasteiger partial charge < -0.3 is 43.7 Å². The summed E-state index contributed by atoms with van der Waals surface area (Å²) >= 11 is 0. The number of aliphatic hydroxyl groups is 1. The first kappa shape index (κ1) is 73.7. The Labute approximate surface area is 487 Å². The lowest BCUT2D eigenvalue weighted by molar-refractivity contribution is -0.157. The zero-order valence-electron chi connectivity index (χ0n) is 52.8. The molecule has 0 atom stereocenters. The van der Waals surface area contributed by atoms with Crippen LogP contribution in [-0.4, -0.2) is 128 Å². The third kappa shape index (κ3) is 36.2. The van der Waals surface area contributed by atoms with E-state index in [4.69, 9.17) is 47.9 Å². The Morgan fingerprint density at radius 3 is 0.753 bits per heavy atom. The van der Waals surface area contributed by atoms with Crippen LogP contribution in [0.4, 0.5) is 0 Å². The van der Waals surface area contributed by atoms with Crippen molar-refractivity contribution in [3.05, 3.63) is 0 Å². The average molecular weight is 1180 g/mol. The fourth-order valence-electron chi connectivity index (χ4n) is 9.53. The Kier molecular flexibility index (Phi) is 28.3. The van der Waals surface area contributed by atoms with Gasteiger partial charge in [-0.2, -0.15) is 8.42 Å². The number of esters is 4. The van der Waals surface area contributed by atoms with Crippen molar-refractivity contribution in [2.45, 2.75) is 280 Å². The van der Waals surface area contributed by atoms with Gasteiger partial charge in [-0.3, -0.25) is 33.0 Å². The molecule has 6 aliphatic rings. The van der Waals surface area contributed by atoms with Crippen molar-refractivity contribution in [1.82, 2.24) is 0 Å². The lowest BCUT2D eigenvalue weighted by Gasteiger charge is -2.22. The molecule has 0 bridgehead atoms. The maximum absolute atomic E-state index is 12.0. The number of carboxylic acids is 2. The van der Waals surface area contributed by atoms with Crippen LogP contribution in [0.15, 0.2) is 0 Å². The van der Waals surface area contributed by atoms with E-state index in [1.807, 2.05) is 83.1 Å². The first-order valence-corrected chi connectivity index (χ1v) is 31.8. The van der Waals surface area contributed by atoms with E-state index in [0.717, 1.165) is 115 Å². The molecule has 81 heavy (non-hydrogen) atoms. The van der Waals surface area contributed by atoms with Gasteiger partial charge in [-0.1, -0.05) is 20.3 Å². The highest BCUT2D eigenvalue weighted by Crippen LogP contribution is 2.56. The SMILES string of the molecule is CC(C)(C)OC(=O)CC1(CCO)CC1.CC(C)(C)OC(=O)CC1(CCOCCC2(CC(=O)OC(C)(C)C)CC2)CC1.CC(C)(C)OC(=O)CC1(CCOS(C)(=O)=O)CC1.CCC.O=C(O)CC1(CCOCCC2(CC(=O)O)CC2)CC1. The van der Waals surface area contributed by atoms with Gasteiger partial charge in [0.25, 0.3) is 10.1 Å². The number of aliphatic hydroxyl groups excluding tert-OH is 1. The van der Waals surface area contributed by atoms with Crippen LogP contribution in [0.5, 0.6) is 0 Å². The van der Waals surface area contributed by atoms with Crippen LogP contribution >= 0.6 is 0 Å². The fraction of sp³-hybridized carbons (Fsp3) is 0.903. The number of rotatable bonds is 30. The van der Waals surface area contributed by atoms with E-state index in [0.29, 0.717) is 58.5 Å². The van der Waals surface area contributed by atoms with Gasteiger partial charge >= 0.3 is 35.8 Å². The summed E-state index contributed by atoms with van der Waals surface area (Å²) in [6.07, 6.45) is 21.6. The molecule has 6 fully saturated rings. The molecule has 0 amide bonds. The Morgan fingerprint density at radius 1 is 0.383 bits per heavy atom. The molecule has 18 nitrogen and oxygen atoms in total. The van der Waals surface area contributed by atoms with Crippen molar-refractivity contribution in [1.29, 1.82) is 0 Å². The predicted molar refractivity (Wildman–Crippen MR) is 310 cm³/mol. The number of hydrogen-bond donors (Lipinski definition) is 3. The topological polar surface area (TPSA) is 262 Å². The number of carbonyl (C=O) groups excluding carboxylic acids is 4. The molecule has 6 saturated carbocycles. The maximum atomic E-state index is 12.0. The van der Waals surface area contributed by atoms with Crippen LogP contribution in [0.25, 0.3) is 0 Å². The van der Waals surface area contributed by atoms with Crippen LogP contribution < -0.4 is 0 Å². The second kappa shape index (κ2) is 31.1. The molecule has 0 unspecified atom stereocenters. The quantitative estimate of drug-likeness (QED) is 0.0261. The smallest absolute Gasteiger partial charge is 0.306 e. The molecule has 0 aromatic carbocycles. The lowest BCUT2D eigenvalue weighted by atomic mass is 9.98. The van der Waals surface area contributed by atoms with E-state index in [2.05, 4.69) is 13.8 Å². The summed E-state index contributed by atoms with van der Waals surface area (Å²) in [6.45, 7) is 29.6. The molecule has 0 spiro atoms. The number of ether oxygens (including phenoxy) is 6. The van der Waals surface area contributed by atoms with Crippen LogP contribution in [0.3, 0.4) is 0 Å². The third-order valence-corrected chi connectivity index (χ3v) is 15.8. The Morgan fingerprint density at radius 2 is 0.580 bits per heavy atom. The Hall–Kier alpha value is -3.39. The summed E-state index contributed by atoms with van der Waals surface area (Å²) in [5.74, 6) is -2.02. The minimum Gasteiger partial charge on any atom is -0.481 e. The second-order valence-electron chi connectivity index (χ2n) is 28.9. The van der Waals surface area contributed by atoms with E-state index < -0.39 is 44.5 Å². The van der Waals surface area contributed by atoms with Gasteiger partial charge in [0.15, 0.2) is 0 Å². The molecular weight excluding hydrogens is 1060 g/mol. The first-order chi connectivity index (χ1) is 37.1. The van der Waals surface area contributed by atoms with E-state index in [9.17, 15) is 37.2 Å². The van der Waals surface area contributed by atoms with Crippen molar-refractivity contribution in [2.24, 2.45) is 32.5 Å². The Bertz CT molecular complexity index is 2010. The van der Waals surface area contributed by atoms with E-state index in [1.165, 1.54) is 6.42 Å². The van der Waals surface area contributed by atoms with Crippen molar-refractivity contribution in [3.8, 4) is 0 Å². The minimum atomic E-state index is -3.39. The molecule has 6 rings (SSSR count).